The molecule has 2 fully saturated rings. The SMILES string of the molecule is COc1c(NC(=O)Oc2cc3cccc(CC4CCCN(C(=O)C5CCN(C)CC5)CC4)c3n2C)cc(C(C)(C)C)cc1NS(C)(=O)=O. The number of benzene rings is 2. The van der Waals surface area contributed by atoms with Crippen molar-refractivity contribution in [2.45, 2.75) is 64.7 Å². The number of fused-ring (bicyclic) bond motifs is 1. The lowest BCUT2D eigenvalue weighted by Crippen LogP contribution is -2.42. The van der Waals surface area contributed by atoms with Crippen molar-refractivity contribution in [3.8, 4) is 11.6 Å². The maximum atomic E-state index is 13.3. The van der Waals surface area contributed by atoms with Crippen molar-refractivity contribution in [3.63, 3.8) is 0 Å². The van der Waals surface area contributed by atoms with Gasteiger partial charge in [-0.2, -0.15) is 0 Å². The predicted octanol–water partition coefficient (Wildman–Crippen LogP) is 5.98. The Bertz CT molecular complexity index is 1750. The summed E-state index contributed by atoms with van der Waals surface area (Å²) in [7, 11) is 1.81. The number of ether oxygens (including phenoxy) is 2. The van der Waals surface area contributed by atoms with E-state index in [1.54, 1.807) is 12.1 Å². The highest BCUT2D eigenvalue weighted by molar-refractivity contribution is 7.92. The van der Waals surface area contributed by atoms with Crippen LogP contribution in [0.4, 0.5) is 16.2 Å². The van der Waals surface area contributed by atoms with Crippen LogP contribution >= 0.6 is 0 Å². The van der Waals surface area contributed by atoms with Gasteiger partial charge < -0.3 is 23.8 Å². The molecular formula is C36H51N5O6S. The number of sulfonamides is 1. The standard InChI is InChI=1S/C36H51N5O6S/c1-36(2,3)28-22-29(33(46-6)30(23-28)38-48(7,44)45)37-35(43)47-31-21-27-12-8-11-26(32(27)40(31)5)20-24-10-9-16-41(19-13-24)34(42)25-14-17-39(4)18-15-25/h8,11-12,21-25,38H,9-10,13-20H2,1-7H3,(H,37,43). The zero-order valence-corrected chi connectivity index (χ0v) is 30.2. The van der Waals surface area contributed by atoms with Crippen LogP contribution in [0.1, 0.15) is 64.0 Å². The van der Waals surface area contributed by atoms with Crippen molar-refractivity contribution in [3.05, 3.63) is 47.5 Å². The highest BCUT2D eigenvalue weighted by Crippen LogP contribution is 2.39. The number of carbonyl (C=O) groups is 2. The molecule has 1 unspecified atom stereocenters. The molecule has 1 aromatic heterocycles. The molecule has 2 amide bonds. The number of carbonyl (C=O) groups excluding carboxylic acids is 2. The summed E-state index contributed by atoms with van der Waals surface area (Å²) in [6.07, 6.45) is 6.15. The lowest BCUT2D eigenvalue weighted by atomic mass is 9.86. The summed E-state index contributed by atoms with van der Waals surface area (Å²) < 4.78 is 40.0. The lowest BCUT2D eigenvalue weighted by Gasteiger charge is -2.32. The number of para-hydroxylation sites is 1. The van der Waals surface area contributed by atoms with Crippen LogP contribution < -0.4 is 19.5 Å². The second-order valence-electron chi connectivity index (χ2n) is 14.5. The molecule has 2 N–H and O–H groups in total. The second kappa shape index (κ2) is 14.4. The molecule has 11 nitrogen and oxygen atoms in total. The van der Waals surface area contributed by atoms with Gasteiger partial charge >= 0.3 is 6.09 Å². The average Bonchev–Trinajstić information content (AvgIpc) is 3.15. The Morgan fingerprint density at radius 2 is 1.67 bits per heavy atom. The maximum Gasteiger partial charge on any atom is 0.418 e. The van der Waals surface area contributed by atoms with Gasteiger partial charge in [-0.1, -0.05) is 39.0 Å². The molecule has 0 saturated carbocycles. The van der Waals surface area contributed by atoms with Gasteiger partial charge in [-0.05, 0) is 93.3 Å². The van der Waals surface area contributed by atoms with E-state index in [-0.39, 0.29) is 28.5 Å². The highest BCUT2D eigenvalue weighted by atomic mass is 32.2. The fraction of sp³-hybridized carbons (Fsp3) is 0.556. The number of nitrogens with one attached hydrogen (secondary N) is 2. The van der Waals surface area contributed by atoms with E-state index < -0.39 is 16.1 Å². The molecule has 0 radical (unpaired) electrons. The Balaban J connectivity index is 1.30. The first-order chi connectivity index (χ1) is 22.6. The van der Waals surface area contributed by atoms with Crippen molar-refractivity contribution in [1.82, 2.24) is 14.4 Å². The number of aromatic nitrogens is 1. The summed E-state index contributed by atoms with van der Waals surface area (Å²) in [4.78, 5) is 31.0. The summed E-state index contributed by atoms with van der Waals surface area (Å²) in [6.45, 7) is 9.60. The summed E-state index contributed by atoms with van der Waals surface area (Å²) in [5.74, 6) is 1.50. The quantitative estimate of drug-likeness (QED) is 0.300. The van der Waals surface area contributed by atoms with E-state index in [1.165, 1.54) is 12.7 Å². The van der Waals surface area contributed by atoms with Crippen LogP contribution in [0.25, 0.3) is 10.9 Å². The summed E-state index contributed by atoms with van der Waals surface area (Å²) in [5.41, 5.74) is 3.16. The van der Waals surface area contributed by atoms with Crippen LogP contribution in [0.15, 0.2) is 36.4 Å². The van der Waals surface area contributed by atoms with Gasteiger partial charge in [-0.15, -0.1) is 0 Å². The van der Waals surface area contributed by atoms with E-state index in [0.29, 0.717) is 17.7 Å². The first kappa shape index (κ1) is 35.5. The zero-order chi connectivity index (χ0) is 34.8. The number of methoxy groups -OCH3 is 1. The lowest BCUT2D eigenvalue weighted by molar-refractivity contribution is -0.136. The first-order valence-corrected chi connectivity index (χ1v) is 18.8. The van der Waals surface area contributed by atoms with Crippen molar-refractivity contribution in [2.75, 3.05) is 56.6 Å². The molecule has 2 saturated heterocycles. The fourth-order valence-electron chi connectivity index (χ4n) is 7.03. The Hall–Kier alpha value is -3.77. The first-order valence-electron chi connectivity index (χ1n) is 16.9. The highest BCUT2D eigenvalue weighted by Gasteiger charge is 2.30. The number of hydrogen-bond donors (Lipinski definition) is 2. The van der Waals surface area contributed by atoms with Gasteiger partial charge in [0.05, 0.1) is 30.3 Å². The molecule has 48 heavy (non-hydrogen) atoms. The van der Waals surface area contributed by atoms with E-state index in [9.17, 15) is 18.0 Å². The number of amides is 2. The Morgan fingerprint density at radius 1 is 0.958 bits per heavy atom. The smallest absolute Gasteiger partial charge is 0.418 e. The topological polar surface area (TPSA) is 122 Å². The third kappa shape index (κ3) is 8.44. The summed E-state index contributed by atoms with van der Waals surface area (Å²) in [5, 5.41) is 3.75. The molecule has 2 aliphatic heterocycles. The molecule has 5 rings (SSSR count). The minimum Gasteiger partial charge on any atom is -0.492 e. The van der Waals surface area contributed by atoms with E-state index in [2.05, 4.69) is 33.0 Å². The molecule has 3 heterocycles. The minimum atomic E-state index is -3.61. The van der Waals surface area contributed by atoms with E-state index >= 15 is 0 Å². The van der Waals surface area contributed by atoms with Gasteiger partial charge in [0.1, 0.15) is 0 Å². The van der Waals surface area contributed by atoms with Gasteiger partial charge in [0.25, 0.3) is 0 Å². The van der Waals surface area contributed by atoms with Crippen LogP contribution in [0.5, 0.6) is 11.6 Å². The van der Waals surface area contributed by atoms with Crippen molar-refractivity contribution < 1.29 is 27.5 Å². The Morgan fingerprint density at radius 3 is 2.33 bits per heavy atom. The van der Waals surface area contributed by atoms with Crippen LogP contribution in [-0.2, 0) is 33.7 Å². The monoisotopic (exact) mass is 681 g/mol. The van der Waals surface area contributed by atoms with Crippen molar-refractivity contribution in [1.29, 1.82) is 0 Å². The van der Waals surface area contributed by atoms with Crippen LogP contribution in [-0.4, -0.2) is 81.4 Å². The molecular weight excluding hydrogens is 630 g/mol. The van der Waals surface area contributed by atoms with Gasteiger partial charge in [0, 0.05) is 37.5 Å². The summed E-state index contributed by atoms with van der Waals surface area (Å²) >= 11 is 0. The van der Waals surface area contributed by atoms with Gasteiger partial charge in [0.2, 0.25) is 21.8 Å². The number of piperidine rings is 1. The van der Waals surface area contributed by atoms with Crippen LogP contribution in [0.2, 0.25) is 0 Å². The molecule has 2 aliphatic rings. The zero-order valence-electron chi connectivity index (χ0n) is 29.4. The number of aryl methyl sites for hydroxylation is 1. The second-order valence-corrected chi connectivity index (χ2v) is 16.3. The average molecular weight is 682 g/mol. The Labute approximate surface area is 285 Å². The normalized spacial score (nSPS) is 18.4. The molecule has 1 atom stereocenters. The van der Waals surface area contributed by atoms with Crippen LogP contribution in [0.3, 0.4) is 0 Å². The van der Waals surface area contributed by atoms with Crippen molar-refractivity contribution in [2.24, 2.45) is 18.9 Å². The minimum absolute atomic E-state index is 0.153. The maximum absolute atomic E-state index is 13.3. The number of hydrogen-bond acceptors (Lipinski definition) is 7. The van der Waals surface area contributed by atoms with Gasteiger partial charge in [-0.25, -0.2) is 13.2 Å². The third-order valence-corrected chi connectivity index (χ3v) is 10.3. The van der Waals surface area contributed by atoms with Crippen LogP contribution in [0, 0.1) is 11.8 Å². The Kier molecular flexibility index (Phi) is 10.6. The van der Waals surface area contributed by atoms with E-state index in [4.69, 9.17) is 9.47 Å². The molecule has 2 aromatic carbocycles. The number of nitrogens with zero attached hydrogens (tertiary/aromatic N) is 3. The number of likely N-dealkylation sites (tertiary alicyclic amines) is 2. The summed E-state index contributed by atoms with van der Waals surface area (Å²) in [6, 6.07) is 11.5. The molecule has 262 valence electrons. The molecule has 12 heteroatoms. The van der Waals surface area contributed by atoms with Gasteiger partial charge in [-0.3, -0.25) is 14.8 Å². The number of rotatable bonds is 8. The molecule has 0 aliphatic carbocycles. The van der Waals surface area contributed by atoms with Crippen molar-refractivity contribution >= 4 is 44.3 Å². The predicted molar refractivity (Wildman–Crippen MR) is 191 cm³/mol. The van der Waals surface area contributed by atoms with E-state index in [0.717, 1.165) is 87.4 Å². The van der Waals surface area contributed by atoms with E-state index in [1.807, 2.05) is 50.6 Å². The number of anilines is 2. The largest absolute Gasteiger partial charge is 0.492 e. The third-order valence-electron chi connectivity index (χ3n) is 9.72. The van der Waals surface area contributed by atoms with Gasteiger partial charge in [0.15, 0.2) is 5.75 Å². The fourth-order valence-corrected chi connectivity index (χ4v) is 7.59. The molecule has 0 spiro atoms. The molecule has 3 aromatic rings. The molecule has 0 bridgehead atoms.